The minimum atomic E-state index is -5.29. The topological polar surface area (TPSA) is 106 Å². The van der Waals surface area contributed by atoms with Gasteiger partial charge in [0.05, 0.1) is 24.7 Å². The zero-order chi connectivity index (χ0) is 25.3. The van der Waals surface area contributed by atoms with Gasteiger partial charge in [0, 0.05) is 19.2 Å². The Morgan fingerprint density at radius 1 is 1.17 bits per heavy atom. The Balaban J connectivity index is 1.62. The number of rotatable bonds is 7. The van der Waals surface area contributed by atoms with E-state index in [2.05, 4.69) is 36.7 Å². The van der Waals surface area contributed by atoms with Crippen LogP contribution in [-0.4, -0.2) is 44.0 Å². The summed E-state index contributed by atoms with van der Waals surface area (Å²) in [7, 11) is -1.66. The minimum Gasteiger partial charge on any atom is -0.495 e. The monoisotopic (exact) mass is 525 g/mol. The summed E-state index contributed by atoms with van der Waals surface area (Å²) in [5.74, 6) is -0.500. The number of aryl methyl sites for hydroxylation is 1. The summed E-state index contributed by atoms with van der Waals surface area (Å²) in [5.41, 5.74) is 3.21. The highest BCUT2D eigenvalue weighted by Crippen LogP contribution is 2.35. The molecular formula is C22H22ClF2N5O4S. The van der Waals surface area contributed by atoms with E-state index in [1.165, 1.54) is 18.7 Å². The lowest BCUT2D eigenvalue weighted by Gasteiger charge is -2.26. The van der Waals surface area contributed by atoms with E-state index < -0.39 is 22.1 Å². The first kappa shape index (κ1) is 24.9. The van der Waals surface area contributed by atoms with E-state index in [-0.39, 0.29) is 28.0 Å². The zero-order valence-corrected chi connectivity index (χ0v) is 20.6. The van der Waals surface area contributed by atoms with Crippen molar-refractivity contribution in [2.24, 2.45) is 0 Å². The normalized spacial score (nSPS) is 13.8. The standard InChI is InChI=1S/C22H22ClF2N5O4S/c1-12-6-15(34-35(25,31)32)9-17(24)20(12)28-21-16(23)10-26-22(29-21)27-18-7-14-11-30(2)5-4-13(14)8-19(18)33-3/h6-10H,4-5,11H2,1-3H3,(H2,26,27,28,29). The molecule has 9 nitrogen and oxygen atoms in total. The van der Waals surface area contributed by atoms with Crippen LogP contribution in [0, 0.1) is 12.7 Å². The summed E-state index contributed by atoms with van der Waals surface area (Å²) < 4.78 is 58.5. The lowest BCUT2D eigenvalue weighted by Crippen LogP contribution is -2.26. The van der Waals surface area contributed by atoms with Gasteiger partial charge in [0.25, 0.3) is 0 Å². The van der Waals surface area contributed by atoms with E-state index in [0.29, 0.717) is 11.4 Å². The first-order valence-corrected chi connectivity index (χ1v) is 12.1. The number of hydrogen-bond donors (Lipinski definition) is 2. The van der Waals surface area contributed by atoms with Crippen LogP contribution in [-0.2, 0) is 23.5 Å². The molecule has 1 aliphatic rings. The van der Waals surface area contributed by atoms with Crippen molar-refractivity contribution < 1.29 is 25.6 Å². The highest BCUT2D eigenvalue weighted by molar-refractivity contribution is 7.81. The van der Waals surface area contributed by atoms with Crippen LogP contribution < -0.4 is 19.6 Å². The third kappa shape index (κ3) is 5.89. The minimum absolute atomic E-state index is 0.0467. The number of likely N-dealkylation sites (N-methyl/N-ethyl adjacent to an activating group) is 1. The summed E-state index contributed by atoms with van der Waals surface area (Å²) in [5, 5.41) is 6.01. The van der Waals surface area contributed by atoms with Gasteiger partial charge in [-0.3, -0.25) is 0 Å². The van der Waals surface area contributed by atoms with Crippen molar-refractivity contribution in [3.63, 3.8) is 0 Å². The molecule has 0 radical (unpaired) electrons. The van der Waals surface area contributed by atoms with Crippen LogP contribution in [0.1, 0.15) is 16.7 Å². The molecule has 0 unspecified atom stereocenters. The Morgan fingerprint density at radius 2 is 1.94 bits per heavy atom. The Bertz CT molecular complexity index is 1370. The van der Waals surface area contributed by atoms with Crippen molar-refractivity contribution in [3.05, 3.63) is 58.0 Å². The number of nitrogens with zero attached hydrogens (tertiary/aromatic N) is 3. The highest BCUT2D eigenvalue weighted by Gasteiger charge is 2.19. The molecule has 0 saturated heterocycles. The predicted molar refractivity (Wildman–Crippen MR) is 128 cm³/mol. The molecular weight excluding hydrogens is 504 g/mol. The summed E-state index contributed by atoms with van der Waals surface area (Å²) in [4.78, 5) is 10.8. The first-order valence-electron chi connectivity index (χ1n) is 10.4. The van der Waals surface area contributed by atoms with Gasteiger partial charge in [-0.25, -0.2) is 9.37 Å². The smallest absolute Gasteiger partial charge is 0.488 e. The van der Waals surface area contributed by atoms with Crippen LogP contribution >= 0.6 is 11.6 Å². The van der Waals surface area contributed by atoms with E-state index in [0.717, 1.165) is 37.2 Å². The number of methoxy groups -OCH3 is 1. The number of fused-ring (bicyclic) bond motifs is 1. The molecule has 3 aromatic rings. The number of anilines is 4. The molecule has 2 heterocycles. The fourth-order valence-electron chi connectivity index (χ4n) is 3.78. The molecule has 0 saturated carbocycles. The quantitative estimate of drug-likeness (QED) is 0.426. The maximum atomic E-state index is 14.7. The Labute approximate surface area is 206 Å². The lowest BCUT2D eigenvalue weighted by atomic mass is 9.99. The summed E-state index contributed by atoms with van der Waals surface area (Å²) in [6, 6.07) is 5.86. The molecule has 0 bridgehead atoms. The van der Waals surface area contributed by atoms with Crippen LogP contribution in [0.3, 0.4) is 0 Å². The number of benzene rings is 2. The van der Waals surface area contributed by atoms with E-state index in [1.54, 1.807) is 7.11 Å². The van der Waals surface area contributed by atoms with Gasteiger partial charge in [-0.1, -0.05) is 15.5 Å². The SMILES string of the molecule is COc1cc2c(cc1Nc1ncc(Cl)c(Nc3c(C)cc(OS(=O)(=O)F)cc3F)n1)CN(C)CC2. The van der Waals surface area contributed by atoms with Crippen molar-refractivity contribution in [1.29, 1.82) is 0 Å². The molecule has 0 amide bonds. The summed E-state index contributed by atoms with van der Waals surface area (Å²) in [6.07, 6.45) is 2.26. The van der Waals surface area contributed by atoms with Gasteiger partial charge >= 0.3 is 10.5 Å². The fourth-order valence-corrected chi connectivity index (χ4v) is 4.25. The molecule has 2 aromatic carbocycles. The third-order valence-corrected chi connectivity index (χ3v) is 6.08. The van der Waals surface area contributed by atoms with E-state index >= 15 is 0 Å². The van der Waals surface area contributed by atoms with Crippen molar-refractivity contribution in [2.45, 2.75) is 19.9 Å². The van der Waals surface area contributed by atoms with E-state index in [4.69, 9.17) is 16.3 Å². The van der Waals surface area contributed by atoms with Crippen LogP contribution in [0.15, 0.2) is 30.5 Å². The second-order valence-electron chi connectivity index (χ2n) is 8.02. The molecule has 1 aliphatic heterocycles. The molecule has 1 aromatic heterocycles. The molecule has 0 aliphatic carbocycles. The van der Waals surface area contributed by atoms with Gasteiger partial charge in [-0.15, -0.1) is 0 Å². The van der Waals surface area contributed by atoms with Crippen LogP contribution in [0.25, 0.3) is 0 Å². The van der Waals surface area contributed by atoms with Crippen molar-refractivity contribution in [2.75, 3.05) is 31.3 Å². The molecule has 0 fully saturated rings. The molecule has 0 spiro atoms. The average molecular weight is 526 g/mol. The summed E-state index contributed by atoms with van der Waals surface area (Å²) in [6.45, 7) is 3.24. The van der Waals surface area contributed by atoms with Crippen molar-refractivity contribution in [1.82, 2.24) is 14.9 Å². The number of ether oxygens (including phenoxy) is 1. The van der Waals surface area contributed by atoms with Gasteiger partial charge < -0.3 is 24.5 Å². The van der Waals surface area contributed by atoms with Crippen LogP contribution in [0.2, 0.25) is 5.02 Å². The molecule has 35 heavy (non-hydrogen) atoms. The Hall–Kier alpha value is -3.22. The fraction of sp³-hybridized carbons (Fsp3) is 0.273. The van der Waals surface area contributed by atoms with E-state index in [1.807, 2.05) is 12.1 Å². The second-order valence-corrected chi connectivity index (χ2v) is 9.38. The zero-order valence-electron chi connectivity index (χ0n) is 19.0. The number of hydrogen-bond acceptors (Lipinski definition) is 9. The maximum Gasteiger partial charge on any atom is 0.488 e. The predicted octanol–water partition coefficient (Wildman–Crippen LogP) is 4.65. The molecule has 2 N–H and O–H groups in total. The number of nitrogens with one attached hydrogen (secondary N) is 2. The van der Waals surface area contributed by atoms with Crippen LogP contribution in [0.4, 0.5) is 31.4 Å². The molecule has 186 valence electrons. The average Bonchev–Trinajstić information content (AvgIpc) is 2.76. The van der Waals surface area contributed by atoms with Gasteiger partial charge in [-0.05, 0) is 55.3 Å². The number of aromatic nitrogens is 2. The summed E-state index contributed by atoms with van der Waals surface area (Å²) >= 11 is 6.22. The Kier molecular flexibility index (Phi) is 6.97. The molecule has 4 rings (SSSR count). The van der Waals surface area contributed by atoms with Crippen LogP contribution in [0.5, 0.6) is 11.5 Å². The van der Waals surface area contributed by atoms with Gasteiger partial charge in [-0.2, -0.15) is 13.4 Å². The van der Waals surface area contributed by atoms with Gasteiger partial charge in [0.2, 0.25) is 5.95 Å². The van der Waals surface area contributed by atoms with Gasteiger partial charge in [0.1, 0.15) is 16.5 Å². The van der Waals surface area contributed by atoms with Crippen molar-refractivity contribution >= 4 is 45.2 Å². The Morgan fingerprint density at radius 3 is 2.63 bits per heavy atom. The number of halogens is 3. The third-order valence-electron chi connectivity index (χ3n) is 5.42. The maximum absolute atomic E-state index is 14.7. The first-order chi connectivity index (χ1) is 16.5. The van der Waals surface area contributed by atoms with Crippen molar-refractivity contribution in [3.8, 4) is 11.5 Å². The lowest BCUT2D eigenvalue weighted by molar-refractivity contribution is 0.312. The van der Waals surface area contributed by atoms with Gasteiger partial charge in [0.15, 0.2) is 11.6 Å². The molecule has 13 heteroatoms. The highest BCUT2D eigenvalue weighted by atomic mass is 35.5. The largest absolute Gasteiger partial charge is 0.495 e. The van der Waals surface area contributed by atoms with E-state index in [9.17, 15) is 16.7 Å². The second kappa shape index (κ2) is 9.80. The molecule has 0 atom stereocenters.